The molecule has 0 N–H and O–H groups in total. The molecule has 6 rings (SSSR count). The van der Waals surface area contributed by atoms with Gasteiger partial charge in [-0.25, -0.2) is 4.68 Å². The second kappa shape index (κ2) is 5.45. The van der Waals surface area contributed by atoms with Gasteiger partial charge in [-0.3, -0.25) is 0 Å². The van der Waals surface area contributed by atoms with Crippen molar-refractivity contribution >= 4 is 0 Å². The van der Waals surface area contributed by atoms with Crippen LogP contribution in [0.25, 0.3) is 11.5 Å². The number of hydrogen-bond acceptors (Lipinski definition) is 6. The number of benzene rings is 1. The highest BCUT2D eigenvalue weighted by atomic mass is 16.5. The molecule has 4 heterocycles. The topological polar surface area (TPSA) is 83.5 Å². The molecule has 128 valence electrons. The molecule has 3 aliphatic rings. The highest BCUT2D eigenvalue weighted by Crippen LogP contribution is 2.53. The van der Waals surface area contributed by atoms with Gasteiger partial charge in [-0.2, -0.15) is 4.80 Å². The molecule has 8 heteroatoms. The van der Waals surface area contributed by atoms with E-state index in [0.29, 0.717) is 18.1 Å². The van der Waals surface area contributed by atoms with E-state index in [0.717, 1.165) is 30.9 Å². The van der Waals surface area contributed by atoms with Gasteiger partial charge in [0.1, 0.15) is 0 Å². The van der Waals surface area contributed by atoms with Gasteiger partial charge in [0.05, 0.1) is 31.0 Å². The molecule has 2 bridgehead atoms. The van der Waals surface area contributed by atoms with E-state index in [1.807, 2.05) is 41.2 Å². The fourth-order valence-corrected chi connectivity index (χ4v) is 3.87. The Morgan fingerprint density at radius 3 is 2.80 bits per heavy atom. The average molecular weight is 337 g/mol. The molecule has 0 radical (unpaired) electrons. The minimum Gasteiger partial charge on any atom is -0.372 e. The molecule has 2 aromatic heterocycles. The summed E-state index contributed by atoms with van der Waals surface area (Å²) in [6.07, 6.45) is 4.13. The van der Waals surface area contributed by atoms with Crippen molar-refractivity contribution in [2.75, 3.05) is 6.61 Å². The van der Waals surface area contributed by atoms with Gasteiger partial charge in [-0.05, 0) is 36.5 Å². The quantitative estimate of drug-likeness (QED) is 0.705. The van der Waals surface area contributed by atoms with Crippen molar-refractivity contribution < 1.29 is 4.74 Å². The molecule has 3 aromatic rings. The zero-order valence-corrected chi connectivity index (χ0v) is 14.0. The first-order chi connectivity index (χ1) is 12.2. The fraction of sp³-hybridized carbons (Fsp3) is 0.471. The Labute approximate surface area is 144 Å². The average Bonchev–Trinajstić information content (AvgIpc) is 3.37. The van der Waals surface area contributed by atoms with E-state index in [9.17, 15) is 0 Å². The van der Waals surface area contributed by atoms with Crippen LogP contribution < -0.4 is 0 Å². The van der Waals surface area contributed by atoms with Crippen LogP contribution in [-0.4, -0.2) is 47.4 Å². The van der Waals surface area contributed by atoms with Gasteiger partial charge in [-0.15, -0.1) is 15.3 Å². The molecule has 2 saturated heterocycles. The predicted molar refractivity (Wildman–Crippen MR) is 88.5 cm³/mol. The van der Waals surface area contributed by atoms with Crippen molar-refractivity contribution in [2.24, 2.45) is 5.92 Å². The summed E-state index contributed by atoms with van der Waals surface area (Å²) in [6, 6.07) is 10.2. The molecule has 1 aliphatic carbocycles. The summed E-state index contributed by atoms with van der Waals surface area (Å²) in [7, 11) is 0. The number of fused-ring (bicyclic) bond motifs is 1. The minimum atomic E-state index is -0.0615. The second-order valence-electron chi connectivity index (χ2n) is 7.04. The van der Waals surface area contributed by atoms with Crippen LogP contribution in [0, 0.1) is 5.92 Å². The first-order valence-corrected chi connectivity index (χ1v) is 8.60. The predicted octanol–water partition coefficient (Wildman–Crippen LogP) is 1.72. The first-order valence-electron chi connectivity index (χ1n) is 8.60. The molecule has 1 saturated carbocycles. The van der Waals surface area contributed by atoms with E-state index in [1.54, 1.807) is 4.80 Å². The SMILES string of the molecule is CC(n1cc(-c2nnn(Cc3ccccc3)n2)nn1)C12CC(CO1)C2. The summed E-state index contributed by atoms with van der Waals surface area (Å²) in [4.78, 5) is 1.57. The van der Waals surface area contributed by atoms with E-state index in [4.69, 9.17) is 4.74 Å². The Morgan fingerprint density at radius 1 is 1.20 bits per heavy atom. The lowest BCUT2D eigenvalue weighted by molar-refractivity contribution is -0.0434. The summed E-state index contributed by atoms with van der Waals surface area (Å²) >= 11 is 0. The van der Waals surface area contributed by atoms with Gasteiger partial charge in [0, 0.05) is 0 Å². The van der Waals surface area contributed by atoms with Gasteiger partial charge in [-0.1, -0.05) is 35.5 Å². The van der Waals surface area contributed by atoms with E-state index >= 15 is 0 Å². The fourth-order valence-electron chi connectivity index (χ4n) is 3.87. The molecule has 8 nitrogen and oxygen atoms in total. The Hall–Kier alpha value is -2.61. The molecule has 0 amide bonds. The molecule has 3 fully saturated rings. The second-order valence-corrected chi connectivity index (χ2v) is 7.04. The van der Waals surface area contributed by atoms with Crippen LogP contribution in [0.15, 0.2) is 36.5 Å². The lowest BCUT2D eigenvalue weighted by atomic mass is 9.71. The van der Waals surface area contributed by atoms with Crippen molar-refractivity contribution in [3.05, 3.63) is 42.1 Å². The van der Waals surface area contributed by atoms with Gasteiger partial charge in [0.25, 0.3) is 0 Å². The maximum atomic E-state index is 5.98. The third-order valence-corrected chi connectivity index (χ3v) is 5.39. The summed E-state index contributed by atoms with van der Waals surface area (Å²) < 4.78 is 7.85. The molecular weight excluding hydrogens is 318 g/mol. The van der Waals surface area contributed by atoms with E-state index in [1.165, 1.54) is 0 Å². The Kier molecular flexibility index (Phi) is 3.21. The number of tetrazole rings is 1. The van der Waals surface area contributed by atoms with Crippen molar-refractivity contribution in [2.45, 2.75) is 38.0 Å². The summed E-state index contributed by atoms with van der Waals surface area (Å²) in [5.41, 5.74) is 1.70. The van der Waals surface area contributed by atoms with Crippen LogP contribution >= 0.6 is 0 Å². The Morgan fingerprint density at radius 2 is 2.04 bits per heavy atom. The molecule has 2 aliphatic heterocycles. The van der Waals surface area contributed by atoms with Crippen molar-refractivity contribution in [1.82, 2.24) is 35.2 Å². The maximum Gasteiger partial charge on any atom is 0.226 e. The largest absolute Gasteiger partial charge is 0.372 e. The normalized spacial score (nSPS) is 25.7. The summed E-state index contributed by atoms with van der Waals surface area (Å²) in [5.74, 6) is 1.22. The molecule has 0 spiro atoms. The highest BCUT2D eigenvalue weighted by molar-refractivity contribution is 5.44. The van der Waals surface area contributed by atoms with Gasteiger partial charge in [0.2, 0.25) is 5.82 Å². The molecule has 1 atom stereocenters. The zero-order valence-electron chi connectivity index (χ0n) is 14.0. The smallest absolute Gasteiger partial charge is 0.226 e. The van der Waals surface area contributed by atoms with Crippen LogP contribution in [0.3, 0.4) is 0 Å². The van der Waals surface area contributed by atoms with E-state index in [2.05, 4.69) is 32.6 Å². The van der Waals surface area contributed by atoms with Crippen molar-refractivity contribution in [3.8, 4) is 11.5 Å². The third-order valence-electron chi connectivity index (χ3n) is 5.39. The minimum absolute atomic E-state index is 0.0615. The summed E-state index contributed by atoms with van der Waals surface area (Å²) in [6.45, 7) is 3.59. The van der Waals surface area contributed by atoms with Crippen LogP contribution in [0.4, 0.5) is 0 Å². The van der Waals surface area contributed by atoms with Crippen molar-refractivity contribution in [1.29, 1.82) is 0 Å². The molecule has 1 unspecified atom stereocenters. The Bertz CT molecular complexity index is 876. The number of hydrogen-bond donors (Lipinski definition) is 0. The van der Waals surface area contributed by atoms with Gasteiger partial charge in [0.15, 0.2) is 5.69 Å². The third kappa shape index (κ3) is 2.44. The van der Waals surface area contributed by atoms with Crippen molar-refractivity contribution in [3.63, 3.8) is 0 Å². The van der Waals surface area contributed by atoms with Crippen LogP contribution in [-0.2, 0) is 11.3 Å². The van der Waals surface area contributed by atoms with Gasteiger partial charge < -0.3 is 4.74 Å². The standard InChI is InChI=1S/C17H19N7O/c1-12(17-7-14(8-17)11-25-17)23-10-15(18-21-23)16-19-22-24(20-16)9-13-5-3-2-4-6-13/h2-6,10,12,14H,7-9,11H2,1H3. The van der Waals surface area contributed by atoms with Crippen LogP contribution in [0.5, 0.6) is 0 Å². The summed E-state index contributed by atoms with van der Waals surface area (Å²) in [5, 5.41) is 21.1. The number of aromatic nitrogens is 7. The lowest BCUT2D eigenvalue weighted by Gasteiger charge is -2.40. The Balaban J connectivity index is 1.34. The monoisotopic (exact) mass is 337 g/mol. The number of nitrogens with zero attached hydrogens (tertiary/aromatic N) is 7. The number of rotatable bonds is 5. The van der Waals surface area contributed by atoms with Crippen LogP contribution in [0.1, 0.15) is 31.4 Å². The zero-order chi connectivity index (χ0) is 16.9. The number of ether oxygens (including phenoxy) is 1. The van der Waals surface area contributed by atoms with E-state index in [-0.39, 0.29) is 11.6 Å². The lowest BCUT2D eigenvalue weighted by Crippen LogP contribution is -2.43. The molecule has 25 heavy (non-hydrogen) atoms. The van der Waals surface area contributed by atoms with Crippen LogP contribution in [0.2, 0.25) is 0 Å². The molecule has 1 aromatic carbocycles. The van der Waals surface area contributed by atoms with Gasteiger partial charge >= 0.3 is 0 Å². The first kappa shape index (κ1) is 14.7. The van der Waals surface area contributed by atoms with E-state index < -0.39 is 0 Å². The molecular formula is C17H19N7O. The highest BCUT2D eigenvalue weighted by Gasteiger charge is 2.56. The maximum absolute atomic E-state index is 5.98.